The van der Waals surface area contributed by atoms with E-state index >= 15 is 0 Å². The zero-order chi connectivity index (χ0) is 23.2. The van der Waals surface area contributed by atoms with E-state index in [-0.39, 0.29) is 31.4 Å². The standard InChI is InChI=1S/C22H32ClN3O5S/c1-32(29,30)24-15-21(28)26-12-6-9-22(16-26,14-20(27)25-10-3-2-4-11-25)17-31-19-8-5-7-18(23)13-19/h5,7-8,13,24H,2-4,6,9-12,14-17H2,1H3/t22-/m1/s1. The van der Waals surface area contributed by atoms with Gasteiger partial charge in [0.2, 0.25) is 21.8 Å². The summed E-state index contributed by atoms with van der Waals surface area (Å²) in [6.07, 6.45) is 5.95. The first-order chi connectivity index (χ1) is 15.2. The number of ether oxygens (including phenoxy) is 1. The number of piperidine rings is 2. The van der Waals surface area contributed by atoms with E-state index in [4.69, 9.17) is 16.3 Å². The van der Waals surface area contributed by atoms with E-state index in [2.05, 4.69) is 4.72 Å². The van der Waals surface area contributed by atoms with Gasteiger partial charge in [0.25, 0.3) is 0 Å². The van der Waals surface area contributed by atoms with Crippen LogP contribution in [-0.4, -0.2) is 75.6 Å². The van der Waals surface area contributed by atoms with Crippen LogP contribution in [0, 0.1) is 5.41 Å². The van der Waals surface area contributed by atoms with Gasteiger partial charge in [-0.2, -0.15) is 0 Å². The number of sulfonamides is 1. The van der Waals surface area contributed by atoms with Crippen molar-refractivity contribution in [3.8, 4) is 5.75 Å². The average molecular weight is 486 g/mol. The van der Waals surface area contributed by atoms with E-state index in [9.17, 15) is 18.0 Å². The molecule has 0 unspecified atom stereocenters. The fourth-order valence-corrected chi connectivity index (χ4v) is 4.97. The number of carbonyl (C=O) groups is 2. The second-order valence-electron chi connectivity index (χ2n) is 8.88. The van der Waals surface area contributed by atoms with Crippen LogP contribution in [0.15, 0.2) is 24.3 Å². The molecule has 0 aromatic heterocycles. The molecular weight excluding hydrogens is 454 g/mol. The monoisotopic (exact) mass is 485 g/mol. The number of nitrogens with zero attached hydrogens (tertiary/aromatic N) is 2. The summed E-state index contributed by atoms with van der Waals surface area (Å²) < 4.78 is 31.1. The minimum absolute atomic E-state index is 0.0861. The molecule has 2 aliphatic rings. The molecule has 2 saturated heterocycles. The third-order valence-corrected chi connectivity index (χ3v) is 6.98. The van der Waals surface area contributed by atoms with Crippen molar-refractivity contribution < 1.29 is 22.7 Å². The molecule has 178 valence electrons. The Morgan fingerprint density at radius 3 is 2.50 bits per heavy atom. The number of hydrogen-bond acceptors (Lipinski definition) is 5. The summed E-state index contributed by atoms with van der Waals surface area (Å²) in [6.45, 7) is 2.40. The van der Waals surface area contributed by atoms with Crippen LogP contribution in [0.1, 0.15) is 38.5 Å². The largest absolute Gasteiger partial charge is 0.493 e. The van der Waals surface area contributed by atoms with Crippen LogP contribution in [0.25, 0.3) is 0 Å². The number of benzene rings is 1. The second kappa shape index (κ2) is 10.9. The van der Waals surface area contributed by atoms with E-state index in [0.29, 0.717) is 23.9 Å². The lowest BCUT2D eigenvalue weighted by atomic mass is 9.77. The van der Waals surface area contributed by atoms with Gasteiger partial charge in [-0.05, 0) is 50.3 Å². The lowest BCUT2D eigenvalue weighted by Crippen LogP contribution is -2.53. The molecule has 0 bridgehead atoms. The molecule has 3 rings (SSSR count). The Morgan fingerprint density at radius 2 is 1.81 bits per heavy atom. The lowest BCUT2D eigenvalue weighted by Gasteiger charge is -2.43. The SMILES string of the molecule is CS(=O)(=O)NCC(=O)N1CCC[C@@](COc2cccc(Cl)c2)(CC(=O)N2CCCCC2)C1. The number of rotatable bonds is 8. The van der Waals surface area contributed by atoms with Crippen molar-refractivity contribution in [1.29, 1.82) is 0 Å². The zero-order valence-corrected chi connectivity index (χ0v) is 20.1. The van der Waals surface area contributed by atoms with E-state index < -0.39 is 15.4 Å². The molecule has 1 N–H and O–H groups in total. The van der Waals surface area contributed by atoms with Crippen molar-refractivity contribution in [3.05, 3.63) is 29.3 Å². The van der Waals surface area contributed by atoms with Crippen molar-refractivity contribution in [2.75, 3.05) is 45.6 Å². The molecule has 0 radical (unpaired) electrons. The summed E-state index contributed by atoms with van der Waals surface area (Å²) in [7, 11) is -3.47. The lowest BCUT2D eigenvalue weighted by molar-refractivity contribution is -0.141. The first-order valence-corrected chi connectivity index (χ1v) is 13.3. The van der Waals surface area contributed by atoms with E-state index in [0.717, 1.165) is 51.4 Å². The molecule has 32 heavy (non-hydrogen) atoms. The highest BCUT2D eigenvalue weighted by atomic mass is 35.5. The Balaban J connectivity index is 1.73. The molecule has 0 saturated carbocycles. The Bertz CT molecular complexity index is 920. The molecule has 0 spiro atoms. The van der Waals surface area contributed by atoms with Gasteiger partial charge in [0.1, 0.15) is 5.75 Å². The maximum atomic E-state index is 13.1. The van der Waals surface area contributed by atoms with Crippen LogP contribution in [0.2, 0.25) is 5.02 Å². The minimum atomic E-state index is -3.47. The number of amides is 2. The molecule has 2 fully saturated rings. The van der Waals surface area contributed by atoms with Crippen molar-refractivity contribution in [2.45, 2.75) is 38.5 Å². The molecule has 10 heteroatoms. The summed E-state index contributed by atoms with van der Waals surface area (Å²) in [5.74, 6) is 0.403. The van der Waals surface area contributed by atoms with Gasteiger partial charge in [-0.1, -0.05) is 17.7 Å². The van der Waals surface area contributed by atoms with Gasteiger partial charge in [-0.3, -0.25) is 9.59 Å². The quantitative estimate of drug-likeness (QED) is 0.609. The normalized spacial score (nSPS) is 21.9. The van der Waals surface area contributed by atoms with Crippen molar-refractivity contribution in [3.63, 3.8) is 0 Å². The molecule has 1 aromatic carbocycles. The molecular formula is C22H32ClN3O5S. The van der Waals surface area contributed by atoms with Gasteiger partial charge >= 0.3 is 0 Å². The highest BCUT2D eigenvalue weighted by Gasteiger charge is 2.41. The number of halogens is 1. The molecule has 0 aliphatic carbocycles. The molecule has 2 amide bonds. The summed E-state index contributed by atoms with van der Waals surface area (Å²) in [4.78, 5) is 29.4. The number of hydrogen-bond donors (Lipinski definition) is 1. The Morgan fingerprint density at radius 1 is 1.09 bits per heavy atom. The third-order valence-electron chi connectivity index (χ3n) is 6.08. The molecule has 1 aromatic rings. The van der Waals surface area contributed by atoms with Gasteiger partial charge < -0.3 is 14.5 Å². The Hall–Kier alpha value is -1.84. The van der Waals surface area contributed by atoms with E-state index in [1.165, 1.54) is 0 Å². The smallest absolute Gasteiger partial charge is 0.237 e. The minimum Gasteiger partial charge on any atom is -0.493 e. The van der Waals surface area contributed by atoms with Crippen molar-refractivity contribution >= 4 is 33.4 Å². The first kappa shape index (κ1) is 24.8. The van der Waals surface area contributed by atoms with Crippen LogP contribution in [0.5, 0.6) is 5.75 Å². The molecule has 8 nitrogen and oxygen atoms in total. The van der Waals surface area contributed by atoms with Crippen molar-refractivity contribution in [2.24, 2.45) is 5.41 Å². The number of carbonyl (C=O) groups excluding carboxylic acids is 2. The third kappa shape index (κ3) is 7.35. The van der Waals surface area contributed by atoms with Crippen LogP contribution in [-0.2, 0) is 19.6 Å². The highest BCUT2D eigenvalue weighted by Crippen LogP contribution is 2.36. The molecule has 1 atom stereocenters. The van der Waals surface area contributed by atoms with Crippen LogP contribution in [0.4, 0.5) is 0 Å². The van der Waals surface area contributed by atoms with Gasteiger partial charge in [0.05, 0.1) is 19.4 Å². The summed E-state index contributed by atoms with van der Waals surface area (Å²) >= 11 is 6.07. The fraction of sp³-hybridized carbons (Fsp3) is 0.636. The fourth-order valence-electron chi connectivity index (χ4n) is 4.41. The predicted molar refractivity (Wildman–Crippen MR) is 123 cm³/mol. The van der Waals surface area contributed by atoms with Gasteiger partial charge in [-0.15, -0.1) is 0 Å². The van der Waals surface area contributed by atoms with E-state index in [1.54, 1.807) is 23.1 Å². The van der Waals surface area contributed by atoms with Gasteiger partial charge in [0, 0.05) is 43.0 Å². The second-order valence-corrected chi connectivity index (χ2v) is 11.1. The summed E-state index contributed by atoms with van der Waals surface area (Å²) in [5.41, 5.74) is -0.546. The van der Waals surface area contributed by atoms with Crippen molar-refractivity contribution in [1.82, 2.24) is 14.5 Å². The maximum Gasteiger partial charge on any atom is 0.237 e. The predicted octanol–water partition coefficient (Wildman–Crippen LogP) is 2.28. The first-order valence-electron chi connectivity index (χ1n) is 11.0. The molecule has 2 aliphatic heterocycles. The number of nitrogens with one attached hydrogen (secondary N) is 1. The molecule has 2 heterocycles. The van der Waals surface area contributed by atoms with Crippen LogP contribution < -0.4 is 9.46 Å². The Labute approximate surface area is 195 Å². The highest BCUT2D eigenvalue weighted by molar-refractivity contribution is 7.88. The zero-order valence-electron chi connectivity index (χ0n) is 18.5. The topological polar surface area (TPSA) is 96.0 Å². The number of likely N-dealkylation sites (tertiary alicyclic amines) is 2. The van der Waals surface area contributed by atoms with Crippen LogP contribution in [0.3, 0.4) is 0 Å². The Kier molecular flexibility index (Phi) is 8.41. The van der Waals surface area contributed by atoms with E-state index in [1.807, 2.05) is 11.0 Å². The average Bonchev–Trinajstić information content (AvgIpc) is 2.76. The van der Waals surface area contributed by atoms with Crippen LogP contribution >= 0.6 is 11.6 Å². The van der Waals surface area contributed by atoms with Gasteiger partial charge in [-0.25, -0.2) is 13.1 Å². The summed E-state index contributed by atoms with van der Waals surface area (Å²) in [6, 6.07) is 7.11. The maximum absolute atomic E-state index is 13.1. The summed E-state index contributed by atoms with van der Waals surface area (Å²) in [5, 5.41) is 0.563. The van der Waals surface area contributed by atoms with Gasteiger partial charge in [0.15, 0.2) is 0 Å².